The summed E-state index contributed by atoms with van der Waals surface area (Å²) in [6, 6.07) is 9.17. The van der Waals surface area contributed by atoms with Crippen LogP contribution in [0.4, 0.5) is 5.82 Å². The normalized spacial score (nSPS) is 10.5. The van der Waals surface area contributed by atoms with Gasteiger partial charge in [-0.1, -0.05) is 26.0 Å². The molecule has 0 aliphatic carbocycles. The van der Waals surface area contributed by atoms with Gasteiger partial charge in [0.15, 0.2) is 0 Å². The van der Waals surface area contributed by atoms with Gasteiger partial charge in [0.05, 0.1) is 17.9 Å². The molecule has 0 spiro atoms. The van der Waals surface area contributed by atoms with E-state index >= 15 is 0 Å². The van der Waals surface area contributed by atoms with Crippen molar-refractivity contribution in [3.05, 3.63) is 41.6 Å². The maximum Gasteiger partial charge on any atom is 0.260 e. The Bertz CT molecular complexity index is 635. The van der Waals surface area contributed by atoms with Crippen molar-refractivity contribution in [2.24, 2.45) is 0 Å². The predicted octanol–water partition coefficient (Wildman–Crippen LogP) is 3.64. The zero-order chi connectivity index (χ0) is 15.9. The van der Waals surface area contributed by atoms with Crippen molar-refractivity contribution < 1.29 is 9.53 Å². The molecule has 0 unspecified atom stereocenters. The molecule has 0 fully saturated rings. The third-order valence-electron chi connectivity index (χ3n) is 3.17. The van der Waals surface area contributed by atoms with E-state index in [1.807, 2.05) is 42.8 Å². The van der Waals surface area contributed by atoms with Crippen molar-refractivity contribution in [1.82, 2.24) is 9.78 Å². The zero-order valence-electron chi connectivity index (χ0n) is 13.4. The lowest BCUT2D eigenvalue weighted by Gasteiger charge is -2.12. The molecule has 0 saturated carbocycles. The maximum absolute atomic E-state index is 12.5. The minimum Gasteiger partial charge on any atom is -0.493 e. The standard InChI is InChI=1S/C17H23N3O2/c1-4-10-20-16(12-13(3)19-20)18-17(21)14-8-6-7-9-15(14)22-11-5-2/h6-9,12H,4-5,10-11H2,1-3H3,(H,18,21). The number of para-hydroxylation sites is 1. The van der Waals surface area contributed by atoms with Crippen LogP contribution in [0.15, 0.2) is 30.3 Å². The first-order valence-electron chi connectivity index (χ1n) is 7.73. The highest BCUT2D eigenvalue weighted by Crippen LogP contribution is 2.20. The van der Waals surface area contributed by atoms with E-state index < -0.39 is 0 Å². The first kappa shape index (κ1) is 16.1. The molecule has 0 aliphatic heterocycles. The minimum absolute atomic E-state index is 0.177. The summed E-state index contributed by atoms with van der Waals surface area (Å²) >= 11 is 0. The lowest BCUT2D eigenvalue weighted by atomic mass is 10.2. The summed E-state index contributed by atoms with van der Waals surface area (Å²) in [7, 11) is 0. The number of anilines is 1. The summed E-state index contributed by atoms with van der Waals surface area (Å²) < 4.78 is 7.47. The molecular weight excluding hydrogens is 278 g/mol. The number of hydrogen-bond donors (Lipinski definition) is 1. The molecule has 1 aromatic carbocycles. The minimum atomic E-state index is -0.177. The Balaban J connectivity index is 2.19. The first-order chi connectivity index (χ1) is 10.7. The molecule has 0 atom stereocenters. The van der Waals surface area contributed by atoms with E-state index in [9.17, 15) is 4.79 Å². The Morgan fingerprint density at radius 3 is 2.77 bits per heavy atom. The van der Waals surface area contributed by atoms with Crippen molar-refractivity contribution >= 4 is 11.7 Å². The highest BCUT2D eigenvalue weighted by molar-refractivity contribution is 6.05. The van der Waals surface area contributed by atoms with Gasteiger partial charge in [-0.25, -0.2) is 4.68 Å². The number of rotatable bonds is 7. The van der Waals surface area contributed by atoms with Crippen molar-refractivity contribution in [3.8, 4) is 5.75 Å². The third kappa shape index (κ3) is 3.87. The van der Waals surface area contributed by atoms with E-state index in [1.54, 1.807) is 6.07 Å². The molecular formula is C17H23N3O2. The van der Waals surface area contributed by atoms with Crippen LogP contribution in [-0.4, -0.2) is 22.3 Å². The van der Waals surface area contributed by atoms with Crippen LogP contribution in [0, 0.1) is 6.92 Å². The second-order valence-corrected chi connectivity index (χ2v) is 5.19. The van der Waals surface area contributed by atoms with Crippen LogP contribution in [0.1, 0.15) is 42.7 Å². The monoisotopic (exact) mass is 301 g/mol. The van der Waals surface area contributed by atoms with Gasteiger partial charge in [-0.05, 0) is 31.9 Å². The Hall–Kier alpha value is -2.30. The Labute approximate surface area is 131 Å². The molecule has 0 bridgehead atoms. The molecule has 5 heteroatoms. The Kier molecular flexibility index (Phi) is 5.58. The van der Waals surface area contributed by atoms with Crippen molar-refractivity contribution in [1.29, 1.82) is 0 Å². The third-order valence-corrected chi connectivity index (χ3v) is 3.17. The second kappa shape index (κ2) is 7.64. The van der Waals surface area contributed by atoms with Crippen molar-refractivity contribution in [2.45, 2.75) is 40.2 Å². The van der Waals surface area contributed by atoms with Gasteiger partial charge in [-0.3, -0.25) is 4.79 Å². The molecule has 2 rings (SSSR count). The van der Waals surface area contributed by atoms with Crippen molar-refractivity contribution in [2.75, 3.05) is 11.9 Å². The molecule has 1 amide bonds. The first-order valence-corrected chi connectivity index (χ1v) is 7.73. The van der Waals surface area contributed by atoms with E-state index in [4.69, 9.17) is 4.74 Å². The average Bonchev–Trinajstić information content (AvgIpc) is 2.85. The summed E-state index contributed by atoms with van der Waals surface area (Å²) in [6.45, 7) is 7.40. The number of hydrogen-bond acceptors (Lipinski definition) is 3. The summed E-state index contributed by atoms with van der Waals surface area (Å²) in [5, 5.41) is 7.32. The van der Waals surface area contributed by atoms with Crippen LogP contribution in [0.5, 0.6) is 5.75 Å². The Morgan fingerprint density at radius 1 is 1.27 bits per heavy atom. The molecule has 118 valence electrons. The number of aryl methyl sites for hydroxylation is 2. The predicted molar refractivity (Wildman–Crippen MR) is 87.4 cm³/mol. The van der Waals surface area contributed by atoms with Gasteiger partial charge in [0.2, 0.25) is 0 Å². The van der Waals surface area contributed by atoms with Crippen LogP contribution in [-0.2, 0) is 6.54 Å². The molecule has 1 N–H and O–H groups in total. The Morgan fingerprint density at radius 2 is 2.05 bits per heavy atom. The van der Waals surface area contributed by atoms with Gasteiger partial charge >= 0.3 is 0 Å². The lowest BCUT2D eigenvalue weighted by Crippen LogP contribution is -2.17. The number of carbonyl (C=O) groups excluding carboxylic acids is 1. The molecule has 0 aliphatic rings. The fourth-order valence-corrected chi connectivity index (χ4v) is 2.20. The number of benzene rings is 1. The fraction of sp³-hybridized carbons (Fsp3) is 0.412. The highest BCUT2D eigenvalue weighted by Gasteiger charge is 2.14. The summed E-state index contributed by atoms with van der Waals surface area (Å²) in [5.41, 5.74) is 1.43. The van der Waals surface area contributed by atoms with Crippen LogP contribution in [0.3, 0.4) is 0 Å². The van der Waals surface area contributed by atoms with Gasteiger partial charge in [0, 0.05) is 12.6 Å². The maximum atomic E-state index is 12.5. The van der Waals surface area contributed by atoms with E-state index in [0.717, 1.165) is 30.9 Å². The van der Waals surface area contributed by atoms with E-state index in [1.165, 1.54) is 0 Å². The van der Waals surface area contributed by atoms with Crippen LogP contribution < -0.4 is 10.1 Å². The summed E-state index contributed by atoms with van der Waals surface area (Å²) in [4.78, 5) is 12.5. The molecule has 1 heterocycles. The van der Waals surface area contributed by atoms with E-state index in [0.29, 0.717) is 17.9 Å². The molecule has 1 aromatic heterocycles. The second-order valence-electron chi connectivity index (χ2n) is 5.19. The quantitative estimate of drug-likeness (QED) is 0.849. The zero-order valence-corrected chi connectivity index (χ0v) is 13.4. The number of aromatic nitrogens is 2. The number of nitrogens with one attached hydrogen (secondary N) is 1. The number of amides is 1. The average molecular weight is 301 g/mol. The van der Waals surface area contributed by atoms with Gasteiger partial charge in [-0.2, -0.15) is 5.10 Å². The van der Waals surface area contributed by atoms with Crippen molar-refractivity contribution in [3.63, 3.8) is 0 Å². The smallest absolute Gasteiger partial charge is 0.260 e. The number of carbonyl (C=O) groups is 1. The van der Waals surface area contributed by atoms with Crippen LogP contribution in [0.2, 0.25) is 0 Å². The number of ether oxygens (including phenoxy) is 1. The highest BCUT2D eigenvalue weighted by atomic mass is 16.5. The van der Waals surface area contributed by atoms with E-state index in [-0.39, 0.29) is 5.91 Å². The fourth-order valence-electron chi connectivity index (χ4n) is 2.20. The molecule has 22 heavy (non-hydrogen) atoms. The molecule has 0 saturated heterocycles. The van der Waals surface area contributed by atoms with Gasteiger partial charge in [0.25, 0.3) is 5.91 Å². The van der Waals surface area contributed by atoms with E-state index in [2.05, 4.69) is 17.3 Å². The van der Waals surface area contributed by atoms with Gasteiger partial charge < -0.3 is 10.1 Å². The SMILES string of the molecule is CCCOc1ccccc1C(=O)Nc1cc(C)nn1CCC. The summed E-state index contributed by atoms with van der Waals surface area (Å²) in [5.74, 6) is 1.15. The topological polar surface area (TPSA) is 56.1 Å². The molecule has 2 aromatic rings. The van der Waals surface area contributed by atoms with Crippen LogP contribution in [0.25, 0.3) is 0 Å². The lowest BCUT2D eigenvalue weighted by molar-refractivity contribution is 0.102. The van der Waals surface area contributed by atoms with Crippen LogP contribution >= 0.6 is 0 Å². The molecule has 5 nitrogen and oxygen atoms in total. The van der Waals surface area contributed by atoms with Gasteiger partial charge in [0.1, 0.15) is 11.6 Å². The molecule has 0 radical (unpaired) electrons. The largest absolute Gasteiger partial charge is 0.493 e. The van der Waals surface area contributed by atoms with Gasteiger partial charge in [-0.15, -0.1) is 0 Å². The number of nitrogens with zero attached hydrogens (tertiary/aromatic N) is 2. The summed E-state index contributed by atoms with van der Waals surface area (Å²) in [6.07, 6.45) is 1.86.